The van der Waals surface area contributed by atoms with E-state index in [-0.39, 0.29) is 17.1 Å². The summed E-state index contributed by atoms with van der Waals surface area (Å²) >= 11 is 0. The van der Waals surface area contributed by atoms with Crippen molar-refractivity contribution >= 4 is 11.5 Å². The van der Waals surface area contributed by atoms with Crippen LogP contribution in [0.15, 0.2) is 42.6 Å². The van der Waals surface area contributed by atoms with Gasteiger partial charge in [-0.2, -0.15) is 0 Å². The highest BCUT2D eigenvalue weighted by molar-refractivity contribution is 5.44. The zero-order valence-electron chi connectivity index (χ0n) is 13.7. The number of hydrogen-bond donors (Lipinski definition) is 1. The number of pyridine rings is 1. The van der Waals surface area contributed by atoms with Gasteiger partial charge in [-0.3, -0.25) is 10.1 Å². The molecule has 0 aliphatic rings. The summed E-state index contributed by atoms with van der Waals surface area (Å²) < 4.78 is 5.29. The largest absolute Gasteiger partial charge is 0.497 e. The van der Waals surface area contributed by atoms with Crippen LogP contribution in [0.4, 0.5) is 11.5 Å². The maximum Gasteiger partial charge on any atom is 0.287 e. The van der Waals surface area contributed by atoms with Crippen LogP contribution >= 0.6 is 0 Å². The van der Waals surface area contributed by atoms with E-state index >= 15 is 0 Å². The van der Waals surface area contributed by atoms with Gasteiger partial charge in [-0.1, -0.05) is 32.9 Å². The summed E-state index contributed by atoms with van der Waals surface area (Å²) in [5.41, 5.74) is 0.955. The van der Waals surface area contributed by atoms with Crippen LogP contribution in [0.2, 0.25) is 0 Å². The first-order valence-electron chi connectivity index (χ1n) is 7.32. The zero-order valence-corrected chi connectivity index (χ0v) is 13.7. The molecule has 6 heteroatoms. The number of hydrogen-bond acceptors (Lipinski definition) is 5. The van der Waals surface area contributed by atoms with Crippen LogP contribution in [-0.4, -0.2) is 17.0 Å². The third-order valence-electron chi connectivity index (χ3n) is 3.54. The Bertz CT molecular complexity index is 678. The standard InChI is InChI=1S/C17H21N3O3/c1-17(2,3)16(12-6-5-7-14(10-12)23-4)19-15-9-8-13(11-18-15)20(21)22/h5-11,16H,1-4H3,(H,18,19)/t16-/m1/s1. The Morgan fingerprint density at radius 3 is 2.52 bits per heavy atom. The molecule has 2 aromatic rings. The van der Waals surface area contributed by atoms with E-state index in [0.717, 1.165) is 11.3 Å². The van der Waals surface area contributed by atoms with Crippen LogP contribution in [0.3, 0.4) is 0 Å². The van der Waals surface area contributed by atoms with Gasteiger partial charge in [-0.15, -0.1) is 0 Å². The summed E-state index contributed by atoms with van der Waals surface area (Å²) in [6.07, 6.45) is 1.26. The smallest absolute Gasteiger partial charge is 0.287 e. The molecule has 0 amide bonds. The number of methoxy groups -OCH3 is 1. The molecule has 0 aliphatic carbocycles. The summed E-state index contributed by atoms with van der Waals surface area (Å²) in [6.45, 7) is 6.36. The monoisotopic (exact) mass is 315 g/mol. The Morgan fingerprint density at radius 1 is 1.26 bits per heavy atom. The fraction of sp³-hybridized carbons (Fsp3) is 0.353. The van der Waals surface area contributed by atoms with Gasteiger partial charge in [0, 0.05) is 6.07 Å². The molecule has 1 atom stereocenters. The van der Waals surface area contributed by atoms with Gasteiger partial charge >= 0.3 is 0 Å². The molecule has 1 aromatic carbocycles. The lowest BCUT2D eigenvalue weighted by atomic mass is 9.82. The van der Waals surface area contributed by atoms with E-state index in [2.05, 4.69) is 31.1 Å². The fourth-order valence-corrected chi connectivity index (χ4v) is 2.35. The fourth-order valence-electron chi connectivity index (χ4n) is 2.35. The van der Waals surface area contributed by atoms with Crippen molar-refractivity contribution < 1.29 is 9.66 Å². The van der Waals surface area contributed by atoms with Gasteiger partial charge in [0.1, 0.15) is 17.8 Å². The third-order valence-corrected chi connectivity index (χ3v) is 3.54. The molecule has 0 spiro atoms. The number of nitrogens with one attached hydrogen (secondary N) is 1. The third kappa shape index (κ3) is 4.18. The SMILES string of the molecule is COc1cccc([C@@H](Nc2ccc([N+](=O)[O-])cn2)C(C)(C)C)c1. The molecule has 1 N–H and O–H groups in total. The molecular formula is C17H21N3O3. The first-order valence-corrected chi connectivity index (χ1v) is 7.32. The number of anilines is 1. The minimum Gasteiger partial charge on any atom is -0.497 e. The summed E-state index contributed by atoms with van der Waals surface area (Å²) in [6, 6.07) is 10.9. The van der Waals surface area contributed by atoms with E-state index in [4.69, 9.17) is 4.74 Å². The van der Waals surface area contributed by atoms with E-state index in [0.29, 0.717) is 5.82 Å². The van der Waals surface area contributed by atoms with E-state index in [1.165, 1.54) is 12.3 Å². The molecule has 1 heterocycles. The zero-order chi connectivity index (χ0) is 17.0. The van der Waals surface area contributed by atoms with Gasteiger partial charge in [0.15, 0.2) is 0 Å². The highest BCUT2D eigenvalue weighted by atomic mass is 16.6. The molecule has 0 saturated carbocycles. The molecule has 23 heavy (non-hydrogen) atoms. The minimum atomic E-state index is -0.458. The van der Waals surface area contributed by atoms with Crippen LogP contribution < -0.4 is 10.1 Å². The van der Waals surface area contributed by atoms with Crippen molar-refractivity contribution in [2.24, 2.45) is 5.41 Å². The number of nitro groups is 1. The summed E-state index contributed by atoms with van der Waals surface area (Å²) in [5.74, 6) is 1.38. The van der Waals surface area contributed by atoms with Crippen molar-refractivity contribution in [2.75, 3.05) is 12.4 Å². The Balaban J connectivity index is 2.30. The molecule has 2 rings (SSSR count). The van der Waals surface area contributed by atoms with E-state index < -0.39 is 4.92 Å². The lowest BCUT2D eigenvalue weighted by molar-refractivity contribution is -0.385. The van der Waals surface area contributed by atoms with Crippen molar-refractivity contribution in [3.05, 3.63) is 58.3 Å². The van der Waals surface area contributed by atoms with Gasteiger partial charge in [0.05, 0.1) is 18.1 Å². The summed E-state index contributed by atoms with van der Waals surface area (Å²) in [7, 11) is 1.64. The average molecular weight is 315 g/mol. The van der Waals surface area contributed by atoms with E-state index in [1.807, 2.05) is 24.3 Å². The molecule has 6 nitrogen and oxygen atoms in total. The van der Waals surface area contributed by atoms with Gasteiger partial charge in [0.25, 0.3) is 5.69 Å². The Labute approximate surface area is 135 Å². The maximum absolute atomic E-state index is 10.7. The predicted octanol–water partition coefficient (Wildman–Crippen LogP) is 4.20. The minimum absolute atomic E-state index is 0.0217. The lowest BCUT2D eigenvalue weighted by Gasteiger charge is -2.32. The second-order valence-electron chi connectivity index (χ2n) is 6.38. The first-order chi connectivity index (χ1) is 10.8. The lowest BCUT2D eigenvalue weighted by Crippen LogP contribution is -2.26. The van der Waals surface area contributed by atoms with Gasteiger partial charge < -0.3 is 10.1 Å². The molecular weight excluding hydrogens is 294 g/mol. The summed E-state index contributed by atoms with van der Waals surface area (Å²) in [4.78, 5) is 14.4. The quantitative estimate of drug-likeness (QED) is 0.661. The topological polar surface area (TPSA) is 77.3 Å². The number of rotatable bonds is 5. The van der Waals surface area contributed by atoms with Crippen molar-refractivity contribution in [2.45, 2.75) is 26.8 Å². The van der Waals surface area contributed by atoms with Crippen LogP contribution in [0, 0.1) is 15.5 Å². The second kappa shape index (κ2) is 6.64. The molecule has 122 valence electrons. The summed E-state index contributed by atoms with van der Waals surface area (Å²) in [5, 5.41) is 14.1. The number of ether oxygens (including phenoxy) is 1. The number of nitrogens with zero attached hydrogens (tertiary/aromatic N) is 2. The van der Waals surface area contributed by atoms with Gasteiger partial charge in [-0.05, 0) is 29.2 Å². The van der Waals surface area contributed by atoms with Crippen LogP contribution in [-0.2, 0) is 0 Å². The Hall–Kier alpha value is -2.63. The van der Waals surface area contributed by atoms with Gasteiger partial charge in [0.2, 0.25) is 0 Å². The predicted molar refractivity (Wildman–Crippen MR) is 89.7 cm³/mol. The Kier molecular flexibility index (Phi) is 4.83. The van der Waals surface area contributed by atoms with Crippen molar-refractivity contribution in [1.29, 1.82) is 0 Å². The van der Waals surface area contributed by atoms with Crippen LogP contribution in [0.5, 0.6) is 5.75 Å². The first kappa shape index (κ1) is 16.7. The van der Waals surface area contributed by atoms with Crippen molar-refractivity contribution in [1.82, 2.24) is 4.98 Å². The maximum atomic E-state index is 10.7. The highest BCUT2D eigenvalue weighted by Gasteiger charge is 2.27. The van der Waals surface area contributed by atoms with Crippen LogP contribution in [0.25, 0.3) is 0 Å². The molecule has 0 unspecified atom stereocenters. The second-order valence-corrected chi connectivity index (χ2v) is 6.38. The molecule has 1 aromatic heterocycles. The highest BCUT2D eigenvalue weighted by Crippen LogP contribution is 2.36. The van der Waals surface area contributed by atoms with E-state index in [1.54, 1.807) is 13.2 Å². The van der Waals surface area contributed by atoms with Gasteiger partial charge in [-0.25, -0.2) is 4.98 Å². The number of benzene rings is 1. The van der Waals surface area contributed by atoms with E-state index in [9.17, 15) is 10.1 Å². The molecule has 0 aliphatic heterocycles. The van der Waals surface area contributed by atoms with Crippen molar-refractivity contribution in [3.63, 3.8) is 0 Å². The molecule has 0 saturated heterocycles. The molecule has 0 bridgehead atoms. The number of aromatic nitrogens is 1. The Morgan fingerprint density at radius 2 is 2.00 bits per heavy atom. The molecule has 0 fully saturated rings. The normalized spacial score (nSPS) is 12.5. The molecule has 0 radical (unpaired) electrons. The average Bonchev–Trinajstić information content (AvgIpc) is 2.52. The van der Waals surface area contributed by atoms with Crippen molar-refractivity contribution in [3.8, 4) is 5.75 Å². The van der Waals surface area contributed by atoms with Crippen LogP contribution in [0.1, 0.15) is 32.4 Å².